The maximum atomic E-state index is 14.7. The Bertz CT molecular complexity index is 1650. The van der Waals surface area contributed by atoms with Crippen molar-refractivity contribution in [3.8, 4) is 28.1 Å². The monoisotopic (exact) mass is 551 g/mol. The van der Waals surface area contributed by atoms with E-state index in [0.29, 0.717) is 28.2 Å². The summed E-state index contributed by atoms with van der Waals surface area (Å²) in [5.74, 6) is -1.31. The SMILES string of the molecule is O=C(O)c1scc(-c2cnc(C(CC3CC3)c3ccc(-c4cc(Cl)ccc4-n4cnnc4)c[n+]3O)[nH]2)c1F. The van der Waals surface area contributed by atoms with Gasteiger partial charge in [0.1, 0.15) is 29.3 Å². The van der Waals surface area contributed by atoms with E-state index in [1.165, 1.54) is 11.6 Å². The zero-order valence-corrected chi connectivity index (χ0v) is 21.3. The van der Waals surface area contributed by atoms with Crippen LogP contribution in [0, 0.1) is 11.7 Å². The number of nitrogens with zero attached hydrogens (tertiary/aromatic N) is 5. The first kappa shape index (κ1) is 24.3. The molecule has 0 saturated heterocycles. The standard InChI is InChI=1S/C26H20ClFN6O3S/c27-16-4-6-21(33-12-30-31-13-33)17(8-16)15-3-5-22(34(37)10-15)18(7-14-1-2-14)25-29-9-20(32-25)19-11-38-24(23(19)28)26(35)36/h3-6,8-14,18H,1-2,7H2,(H2-,29,32,35,36,37)/p+1. The zero-order valence-electron chi connectivity index (χ0n) is 19.8. The fourth-order valence-electron chi connectivity index (χ4n) is 4.61. The molecule has 0 radical (unpaired) electrons. The number of carbonyl (C=O) groups is 1. The van der Waals surface area contributed by atoms with Crippen molar-refractivity contribution in [1.29, 1.82) is 0 Å². The highest BCUT2D eigenvalue weighted by atomic mass is 35.5. The van der Waals surface area contributed by atoms with E-state index < -0.39 is 11.8 Å². The molecule has 0 aliphatic heterocycles. The molecule has 4 aromatic heterocycles. The number of aromatic amines is 1. The molecule has 4 heterocycles. The first-order chi connectivity index (χ1) is 18.4. The summed E-state index contributed by atoms with van der Waals surface area (Å²) < 4.78 is 17.5. The van der Waals surface area contributed by atoms with Gasteiger partial charge in [-0.2, -0.15) is 0 Å². The topological polar surface area (TPSA) is 121 Å². The predicted molar refractivity (Wildman–Crippen MR) is 137 cm³/mol. The molecule has 1 atom stereocenters. The van der Waals surface area contributed by atoms with E-state index in [0.717, 1.165) is 52.1 Å². The van der Waals surface area contributed by atoms with Crippen molar-refractivity contribution in [1.82, 2.24) is 24.7 Å². The number of hydrogen-bond donors (Lipinski definition) is 3. The highest BCUT2D eigenvalue weighted by molar-refractivity contribution is 7.12. The van der Waals surface area contributed by atoms with Crippen LogP contribution in [0.4, 0.5) is 4.39 Å². The number of hydrogen-bond acceptors (Lipinski definition) is 6. The minimum absolute atomic E-state index is 0.158. The largest absolute Gasteiger partial charge is 0.477 e. The van der Waals surface area contributed by atoms with Gasteiger partial charge in [0.15, 0.2) is 5.82 Å². The van der Waals surface area contributed by atoms with Crippen molar-refractivity contribution < 1.29 is 24.2 Å². The van der Waals surface area contributed by atoms with Gasteiger partial charge in [-0.05, 0) is 36.6 Å². The Morgan fingerprint density at radius 1 is 1.24 bits per heavy atom. The number of rotatable bonds is 8. The van der Waals surface area contributed by atoms with Gasteiger partial charge in [-0.15, -0.1) is 21.5 Å². The van der Waals surface area contributed by atoms with Gasteiger partial charge in [0.2, 0.25) is 11.9 Å². The average Bonchev–Trinajstić information content (AvgIpc) is 3.27. The molecule has 1 unspecified atom stereocenters. The summed E-state index contributed by atoms with van der Waals surface area (Å²) in [4.78, 5) is 18.6. The highest BCUT2D eigenvalue weighted by Crippen LogP contribution is 2.41. The third-order valence-corrected chi connectivity index (χ3v) is 7.87. The van der Waals surface area contributed by atoms with Crippen molar-refractivity contribution in [2.75, 3.05) is 0 Å². The second-order valence-electron chi connectivity index (χ2n) is 9.23. The highest BCUT2D eigenvalue weighted by Gasteiger charge is 2.35. The molecule has 1 aliphatic rings. The molecule has 9 nitrogen and oxygen atoms in total. The van der Waals surface area contributed by atoms with Gasteiger partial charge in [-0.1, -0.05) is 24.4 Å². The van der Waals surface area contributed by atoms with Crippen LogP contribution >= 0.6 is 22.9 Å². The van der Waals surface area contributed by atoms with Crippen LogP contribution in [-0.4, -0.2) is 41.0 Å². The summed E-state index contributed by atoms with van der Waals surface area (Å²) in [6, 6.07) is 9.19. The molecule has 5 aromatic rings. The summed E-state index contributed by atoms with van der Waals surface area (Å²) >= 11 is 7.13. The molecule has 1 aliphatic carbocycles. The fourth-order valence-corrected chi connectivity index (χ4v) is 5.56. The van der Waals surface area contributed by atoms with Crippen LogP contribution < -0.4 is 4.73 Å². The predicted octanol–water partition coefficient (Wildman–Crippen LogP) is 5.33. The first-order valence-electron chi connectivity index (χ1n) is 11.8. The Morgan fingerprint density at radius 2 is 2.03 bits per heavy atom. The molecule has 0 amide bonds. The number of pyridine rings is 1. The van der Waals surface area contributed by atoms with Crippen molar-refractivity contribution in [2.45, 2.75) is 25.2 Å². The van der Waals surface area contributed by atoms with E-state index in [1.54, 1.807) is 29.5 Å². The van der Waals surface area contributed by atoms with E-state index in [-0.39, 0.29) is 16.4 Å². The quantitative estimate of drug-likeness (QED) is 0.177. The Hall–Kier alpha value is -4.09. The lowest BCUT2D eigenvalue weighted by Crippen LogP contribution is -2.37. The Morgan fingerprint density at radius 3 is 2.71 bits per heavy atom. The number of aromatic carboxylic acids is 1. The number of carboxylic acid groups (broad SMARTS) is 1. The van der Waals surface area contributed by atoms with Crippen molar-refractivity contribution in [3.63, 3.8) is 0 Å². The van der Waals surface area contributed by atoms with E-state index in [4.69, 9.17) is 11.6 Å². The molecular formula is C26H21ClFN6O3S+. The molecule has 38 heavy (non-hydrogen) atoms. The molecule has 0 spiro atoms. The number of benzene rings is 1. The summed E-state index contributed by atoms with van der Waals surface area (Å²) in [6.07, 6.45) is 9.24. The maximum Gasteiger partial charge on any atom is 0.348 e. The zero-order chi connectivity index (χ0) is 26.4. The summed E-state index contributed by atoms with van der Waals surface area (Å²) in [5, 5.41) is 30.1. The molecule has 3 N–H and O–H groups in total. The van der Waals surface area contributed by atoms with E-state index >= 15 is 0 Å². The Balaban J connectivity index is 1.37. The molecule has 1 saturated carbocycles. The normalized spacial score (nSPS) is 14.1. The molecule has 1 fully saturated rings. The lowest BCUT2D eigenvalue weighted by atomic mass is 9.95. The second kappa shape index (κ2) is 9.66. The molecule has 192 valence electrons. The van der Waals surface area contributed by atoms with Gasteiger partial charge >= 0.3 is 5.97 Å². The molecular weight excluding hydrogens is 531 g/mol. The summed E-state index contributed by atoms with van der Waals surface area (Å²) in [7, 11) is 0. The van der Waals surface area contributed by atoms with Crippen molar-refractivity contribution in [3.05, 3.63) is 88.0 Å². The van der Waals surface area contributed by atoms with Crippen LogP contribution in [0.3, 0.4) is 0 Å². The number of imidazole rings is 1. The number of aromatic nitrogens is 6. The lowest BCUT2D eigenvalue weighted by molar-refractivity contribution is -0.909. The van der Waals surface area contributed by atoms with Crippen molar-refractivity contribution >= 4 is 28.9 Å². The number of carboxylic acids is 1. The maximum absolute atomic E-state index is 14.7. The summed E-state index contributed by atoms with van der Waals surface area (Å²) in [6.45, 7) is 0. The smallest absolute Gasteiger partial charge is 0.348 e. The number of halogens is 2. The van der Waals surface area contributed by atoms with E-state index in [1.807, 2.05) is 24.3 Å². The Labute approximate surface area is 224 Å². The second-order valence-corrected chi connectivity index (χ2v) is 10.5. The van der Waals surface area contributed by atoms with Gasteiger partial charge in [0, 0.05) is 32.3 Å². The lowest BCUT2D eigenvalue weighted by Gasteiger charge is -2.13. The minimum atomic E-state index is -1.31. The minimum Gasteiger partial charge on any atom is -0.477 e. The average molecular weight is 552 g/mol. The molecule has 12 heteroatoms. The Kier molecular flexibility index (Phi) is 6.16. The third-order valence-electron chi connectivity index (χ3n) is 6.69. The molecule has 0 bridgehead atoms. The van der Waals surface area contributed by atoms with Crippen LogP contribution in [0.5, 0.6) is 0 Å². The third kappa shape index (κ3) is 4.54. The fraction of sp³-hybridized carbons (Fsp3) is 0.192. The van der Waals surface area contributed by atoms with Gasteiger partial charge in [-0.25, -0.2) is 14.2 Å². The molecule has 1 aromatic carbocycles. The van der Waals surface area contributed by atoms with Gasteiger partial charge in [-0.3, -0.25) is 9.77 Å². The van der Waals surface area contributed by atoms with Crippen LogP contribution in [0.1, 0.15) is 46.4 Å². The van der Waals surface area contributed by atoms with Gasteiger partial charge < -0.3 is 10.1 Å². The first-order valence-corrected chi connectivity index (χ1v) is 13.1. The van der Waals surface area contributed by atoms with Crippen LogP contribution in [0.2, 0.25) is 5.02 Å². The summed E-state index contributed by atoms with van der Waals surface area (Å²) in [5.41, 5.74) is 3.48. The van der Waals surface area contributed by atoms with E-state index in [2.05, 4.69) is 20.2 Å². The van der Waals surface area contributed by atoms with Crippen LogP contribution in [-0.2, 0) is 0 Å². The van der Waals surface area contributed by atoms with Gasteiger partial charge in [0.25, 0.3) is 0 Å². The van der Waals surface area contributed by atoms with Gasteiger partial charge in [0.05, 0.1) is 23.1 Å². The number of thiophene rings is 1. The van der Waals surface area contributed by atoms with E-state index in [9.17, 15) is 19.5 Å². The molecule has 6 rings (SSSR count). The van der Waals surface area contributed by atoms with Crippen LogP contribution in [0.15, 0.2) is 60.8 Å². The van der Waals surface area contributed by atoms with Crippen LogP contribution in [0.25, 0.3) is 28.1 Å². The number of H-pyrrole nitrogens is 1. The van der Waals surface area contributed by atoms with Crippen molar-refractivity contribution in [2.24, 2.45) is 5.92 Å². The number of nitrogens with one attached hydrogen (secondary N) is 1.